The van der Waals surface area contributed by atoms with Gasteiger partial charge in [-0.05, 0) is 55.6 Å². The third kappa shape index (κ3) is 4.49. The first-order chi connectivity index (χ1) is 17.3. The number of hydrogen-bond acceptors (Lipinski definition) is 7. The van der Waals surface area contributed by atoms with Crippen LogP contribution in [-0.4, -0.2) is 67.2 Å². The third-order valence-corrected chi connectivity index (χ3v) is 9.96. The Morgan fingerprint density at radius 2 is 1.69 bits per heavy atom. The zero-order chi connectivity index (χ0) is 25.4. The molecule has 0 spiro atoms. The molecular weight excluding hydrogens is 492 g/mol. The number of hydrogen-bond donors (Lipinski definition) is 0. The molecule has 0 radical (unpaired) electrons. The molecule has 1 aliphatic heterocycles. The molecule has 10 heteroatoms. The molecule has 1 aliphatic rings. The number of piperazine rings is 1. The van der Waals surface area contributed by atoms with Gasteiger partial charge in [-0.3, -0.25) is 13.9 Å². The lowest BCUT2D eigenvalue weighted by Crippen LogP contribution is -2.47. The highest BCUT2D eigenvalue weighted by Gasteiger charge is 2.29. The van der Waals surface area contributed by atoms with E-state index in [-0.39, 0.29) is 4.90 Å². The first kappa shape index (κ1) is 24.7. The number of aryl methyl sites for hydroxylation is 2. The summed E-state index contributed by atoms with van der Waals surface area (Å²) in [4.78, 5) is 5.11. The molecule has 5 rings (SSSR count). The quantitative estimate of drug-likeness (QED) is 0.366. The predicted molar refractivity (Wildman–Crippen MR) is 147 cm³/mol. The largest absolute Gasteiger partial charge is 0.353 e. The van der Waals surface area contributed by atoms with Gasteiger partial charge in [0.05, 0.1) is 21.8 Å². The molecule has 0 N–H and O–H groups in total. The van der Waals surface area contributed by atoms with Crippen LogP contribution in [0.2, 0.25) is 0 Å². The molecule has 3 heterocycles. The van der Waals surface area contributed by atoms with Crippen molar-refractivity contribution >= 4 is 43.1 Å². The number of anilines is 2. The summed E-state index contributed by atoms with van der Waals surface area (Å²) in [6, 6.07) is 16.2. The van der Waals surface area contributed by atoms with E-state index in [2.05, 4.69) is 39.2 Å². The summed E-state index contributed by atoms with van der Waals surface area (Å²) in [6.07, 6.45) is 0.778. The Morgan fingerprint density at radius 3 is 2.42 bits per heavy atom. The van der Waals surface area contributed by atoms with E-state index in [0.29, 0.717) is 17.1 Å². The van der Waals surface area contributed by atoms with Crippen LogP contribution in [0, 0.1) is 13.8 Å². The lowest BCUT2D eigenvalue weighted by atomic mass is 10.1. The van der Waals surface area contributed by atoms with E-state index in [1.165, 1.54) is 14.4 Å². The van der Waals surface area contributed by atoms with Crippen LogP contribution in [0.3, 0.4) is 0 Å². The minimum atomic E-state index is -3.72. The average molecular weight is 525 g/mol. The summed E-state index contributed by atoms with van der Waals surface area (Å²) in [7, 11) is -0.319. The van der Waals surface area contributed by atoms with E-state index in [4.69, 9.17) is 4.37 Å². The highest BCUT2D eigenvalue weighted by Crippen LogP contribution is 2.31. The van der Waals surface area contributed by atoms with Crippen molar-refractivity contribution in [3.05, 3.63) is 65.5 Å². The van der Waals surface area contributed by atoms with Gasteiger partial charge in [-0.2, -0.15) is 9.47 Å². The second-order valence-electron chi connectivity index (χ2n) is 9.31. The highest BCUT2D eigenvalue weighted by molar-refractivity contribution is 7.92. The second-order valence-corrected chi connectivity index (χ2v) is 12.0. The molecule has 0 aliphatic carbocycles. The number of aromatic nitrogens is 3. The van der Waals surface area contributed by atoms with Crippen LogP contribution >= 0.6 is 11.5 Å². The SMILES string of the molecule is Cc1nn(C)c(C)c1S(=O)(=O)N(C)c1ccccc1CCN1CCN(c2nsc3ccccc23)CC1. The Hall–Kier alpha value is -2.95. The molecule has 4 aromatic rings. The molecule has 36 heavy (non-hydrogen) atoms. The fraction of sp³-hybridized carbons (Fsp3) is 0.385. The van der Waals surface area contributed by atoms with Crippen molar-refractivity contribution in [2.24, 2.45) is 7.05 Å². The van der Waals surface area contributed by atoms with Gasteiger partial charge in [-0.1, -0.05) is 30.3 Å². The number of sulfonamides is 1. The van der Waals surface area contributed by atoms with Crippen LogP contribution in [0.25, 0.3) is 10.1 Å². The summed E-state index contributed by atoms with van der Waals surface area (Å²) < 4.78 is 36.0. The van der Waals surface area contributed by atoms with Crippen LogP contribution < -0.4 is 9.21 Å². The summed E-state index contributed by atoms with van der Waals surface area (Å²) in [5, 5.41) is 5.54. The third-order valence-electron chi connectivity index (χ3n) is 7.12. The molecular formula is C26H32N6O2S2. The Kier molecular flexibility index (Phi) is 6.76. The molecule has 0 atom stereocenters. The van der Waals surface area contributed by atoms with Crippen molar-refractivity contribution in [2.45, 2.75) is 25.2 Å². The summed E-state index contributed by atoms with van der Waals surface area (Å²) in [6.45, 7) is 8.19. The van der Waals surface area contributed by atoms with Gasteiger partial charge in [-0.25, -0.2) is 8.42 Å². The summed E-state index contributed by atoms with van der Waals surface area (Å²) in [5.74, 6) is 1.09. The normalized spacial score (nSPS) is 15.1. The molecule has 8 nitrogen and oxygen atoms in total. The molecule has 1 saturated heterocycles. The fourth-order valence-corrected chi connectivity index (χ4v) is 7.41. The van der Waals surface area contributed by atoms with E-state index in [1.807, 2.05) is 24.3 Å². The van der Waals surface area contributed by atoms with E-state index < -0.39 is 10.0 Å². The van der Waals surface area contributed by atoms with Crippen molar-refractivity contribution in [1.82, 2.24) is 19.1 Å². The maximum Gasteiger partial charge on any atom is 0.267 e. The van der Waals surface area contributed by atoms with E-state index in [0.717, 1.165) is 50.5 Å². The molecule has 0 saturated carbocycles. The number of nitrogens with zero attached hydrogens (tertiary/aromatic N) is 6. The molecule has 2 aromatic carbocycles. The van der Waals surface area contributed by atoms with Crippen molar-refractivity contribution < 1.29 is 8.42 Å². The molecule has 0 amide bonds. The number of rotatable bonds is 7. The van der Waals surface area contributed by atoms with Gasteiger partial charge < -0.3 is 4.90 Å². The van der Waals surface area contributed by atoms with Crippen LogP contribution in [0.15, 0.2) is 53.4 Å². The maximum absolute atomic E-state index is 13.5. The van der Waals surface area contributed by atoms with E-state index >= 15 is 0 Å². The zero-order valence-corrected chi connectivity index (χ0v) is 22.8. The van der Waals surface area contributed by atoms with Gasteiger partial charge in [0.1, 0.15) is 10.7 Å². The maximum atomic E-state index is 13.5. The Balaban J connectivity index is 1.26. The molecule has 1 fully saturated rings. The van der Waals surface area contributed by atoms with Crippen molar-refractivity contribution in [3.63, 3.8) is 0 Å². The Bertz CT molecular complexity index is 1490. The fourth-order valence-electron chi connectivity index (χ4n) is 4.99. The standard InChI is InChI=1S/C26H32N6O2S2/c1-19-25(20(2)29(3)27-19)36(33,34)30(4)23-11-7-5-9-21(23)13-14-31-15-17-32(18-16-31)26-22-10-6-8-12-24(22)35-28-26/h5-12H,13-18H2,1-4H3. The monoisotopic (exact) mass is 524 g/mol. The van der Waals surface area contributed by atoms with Crippen molar-refractivity contribution in [1.29, 1.82) is 0 Å². The van der Waals surface area contributed by atoms with Gasteiger partial charge in [0.2, 0.25) is 0 Å². The molecule has 2 aromatic heterocycles. The van der Waals surface area contributed by atoms with Gasteiger partial charge >= 0.3 is 0 Å². The predicted octanol–water partition coefficient (Wildman–Crippen LogP) is 3.84. The van der Waals surface area contributed by atoms with Gasteiger partial charge in [0.25, 0.3) is 10.0 Å². The van der Waals surface area contributed by atoms with Crippen molar-refractivity contribution in [2.75, 3.05) is 49.0 Å². The zero-order valence-electron chi connectivity index (χ0n) is 21.2. The smallest absolute Gasteiger partial charge is 0.267 e. The Labute approximate surface area is 217 Å². The van der Waals surface area contributed by atoms with Crippen LogP contribution in [0.1, 0.15) is 17.0 Å². The van der Waals surface area contributed by atoms with Crippen LogP contribution in [-0.2, 0) is 23.5 Å². The lowest BCUT2D eigenvalue weighted by molar-refractivity contribution is 0.261. The van der Waals surface area contributed by atoms with E-state index in [1.54, 1.807) is 44.2 Å². The number of para-hydroxylation sites is 1. The molecule has 0 bridgehead atoms. The van der Waals surface area contributed by atoms with Crippen LogP contribution in [0.5, 0.6) is 0 Å². The first-order valence-corrected chi connectivity index (χ1v) is 14.4. The molecule has 0 unspecified atom stereocenters. The number of fused-ring (bicyclic) bond motifs is 1. The molecule has 190 valence electrons. The van der Waals surface area contributed by atoms with Crippen LogP contribution in [0.4, 0.5) is 11.5 Å². The second kappa shape index (κ2) is 9.84. The number of benzene rings is 2. The van der Waals surface area contributed by atoms with Gasteiger partial charge in [0, 0.05) is 52.2 Å². The minimum Gasteiger partial charge on any atom is -0.353 e. The summed E-state index contributed by atoms with van der Waals surface area (Å²) >= 11 is 1.56. The first-order valence-electron chi connectivity index (χ1n) is 12.2. The Morgan fingerprint density at radius 1 is 1.00 bits per heavy atom. The van der Waals surface area contributed by atoms with Gasteiger partial charge in [0.15, 0.2) is 0 Å². The lowest BCUT2D eigenvalue weighted by Gasteiger charge is -2.35. The average Bonchev–Trinajstić information content (AvgIpc) is 3.42. The highest BCUT2D eigenvalue weighted by atomic mass is 32.2. The van der Waals surface area contributed by atoms with Crippen molar-refractivity contribution in [3.8, 4) is 0 Å². The topological polar surface area (TPSA) is 74.6 Å². The van der Waals surface area contributed by atoms with Gasteiger partial charge in [-0.15, -0.1) is 0 Å². The van der Waals surface area contributed by atoms with E-state index in [9.17, 15) is 8.42 Å². The summed E-state index contributed by atoms with van der Waals surface area (Å²) in [5.41, 5.74) is 2.90. The minimum absolute atomic E-state index is 0.285.